The predicted octanol–water partition coefficient (Wildman–Crippen LogP) is -2.31. The van der Waals surface area contributed by atoms with Crippen LogP contribution in [0.25, 0.3) is 0 Å². The average molecular weight is 347 g/mol. The first-order valence-electron chi connectivity index (χ1n) is 6.74. The van der Waals surface area contributed by atoms with Crippen LogP contribution in [0.4, 0.5) is 0 Å². The van der Waals surface area contributed by atoms with Crippen LogP contribution in [-0.2, 0) is 16.1 Å². The van der Waals surface area contributed by atoms with Gasteiger partial charge in [-0.2, -0.15) is 0 Å². The van der Waals surface area contributed by atoms with E-state index in [-0.39, 0.29) is 23.4 Å². The summed E-state index contributed by atoms with van der Waals surface area (Å²) >= 11 is 5.01. The molecule has 1 aliphatic rings. The summed E-state index contributed by atoms with van der Waals surface area (Å²) in [6.45, 7) is -0.854. The van der Waals surface area contributed by atoms with Crippen molar-refractivity contribution in [2.24, 2.45) is 0 Å². The smallest absolute Gasteiger partial charge is 0.317 e. The van der Waals surface area contributed by atoms with E-state index < -0.39 is 42.7 Å². The summed E-state index contributed by atoms with van der Waals surface area (Å²) in [4.78, 5) is 24.7. The van der Waals surface area contributed by atoms with Crippen molar-refractivity contribution in [1.29, 1.82) is 0 Å². The van der Waals surface area contributed by atoms with Crippen molar-refractivity contribution < 1.29 is 30.0 Å². The quantitative estimate of drug-likeness (QED) is 0.311. The molecular formula is C12H17N3O7S. The van der Waals surface area contributed by atoms with Crippen LogP contribution in [0.5, 0.6) is 0 Å². The highest BCUT2D eigenvalue weighted by Gasteiger charge is 2.43. The molecule has 2 rings (SSSR count). The van der Waals surface area contributed by atoms with E-state index >= 15 is 0 Å². The van der Waals surface area contributed by atoms with Gasteiger partial charge in [-0.05, 0) is 12.2 Å². The highest BCUT2D eigenvalue weighted by molar-refractivity contribution is 7.71. The Hall–Kier alpha value is -1.63. The summed E-state index contributed by atoms with van der Waals surface area (Å²) in [6, 6.07) is 0. The number of aliphatic carboxylic acids is 1. The minimum Gasteiger partial charge on any atom is -0.480 e. The summed E-state index contributed by atoms with van der Waals surface area (Å²) in [7, 11) is 0. The van der Waals surface area contributed by atoms with E-state index in [4.69, 9.17) is 27.2 Å². The van der Waals surface area contributed by atoms with Crippen LogP contribution in [0, 0.1) is 4.77 Å². The van der Waals surface area contributed by atoms with Crippen LogP contribution in [0.1, 0.15) is 11.8 Å². The zero-order chi connectivity index (χ0) is 17.1. The Kier molecular flexibility index (Phi) is 5.62. The Morgan fingerprint density at radius 1 is 1.43 bits per heavy atom. The molecule has 1 aromatic rings. The molecule has 2 heterocycles. The number of aromatic amines is 1. The number of hydrogen-bond acceptors (Lipinski definition) is 8. The Bertz CT molecular complexity index is 688. The van der Waals surface area contributed by atoms with E-state index in [9.17, 15) is 19.8 Å². The van der Waals surface area contributed by atoms with E-state index in [0.29, 0.717) is 0 Å². The van der Waals surface area contributed by atoms with Crippen molar-refractivity contribution in [2.45, 2.75) is 31.1 Å². The average Bonchev–Trinajstić information content (AvgIpc) is 2.77. The number of rotatable bonds is 6. The summed E-state index contributed by atoms with van der Waals surface area (Å²) in [5, 5.41) is 40.0. The molecule has 0 bridgehead atoms. The van der Waals surface area contributed by atoms with Crippen LogP contribution in [-0.4, -0.2) is 67.4 Å². The fourth-order valence-electron chi connectivity index (χ4n) is 2.26. The van der Waals surface area contributed by atoms with Crippen LogP contribution in [0.15, 0.2) is 11.0 Å². The molecule has 128 valence electrons. The monoisotopic (exact) mass is 347 g/mol. The molecule has 10 nitrogen and oxygen atoms in total. The lowest BCUT2D eigenvalue weighted by Crippen LogP contribution is -2.34. The second kappa shape index (κ2) is 7.29. The van der Waals surface area contributed by atoms with Gasteiger partial charge in [-0.15, -0.1) is 0 Å². The first-order valence-corrected chi connectivity index (χ1v) is 7.15. The van der Waals surface area contributed by atoms with Gasteiger partial charge in [-0.3, -0.25) is 19.1 Å². The first kappa shape index (κ1) is 17.7. The Morgan fingerprint density at radius 2 is 2.13 bits per heavy atom. The number of aromatic nitrogens is 2. The van der Waals surface area contributed by atoms with Crippen molar-refractivity contribution in [3.8, 4) is 0 Å². The number of nitrogens with zero attached hydrogens (tertiary/aromatic N) is 1. The normalized spacial score (nSPS) is 27.3. The largest absolute Gasteiger partial charge is 0.480 e. The molecule has 0 saturated carbocycles. The van der Waals surface area contributed by atoms with Gasteiger partial charge in [-0.1, -0.05) is 0 Å². The molecule has 23 heavy (non-hydrogen) atoms. The summed E-state index contributed by atoms with van der Waals surface area (Å²) in [5.74, 6) is -1.07. The van der Waals surface area contributed by atoms with Gasteiger partial charge in [-0.25, -0.2) is 0 Å². The van der Waals surface area contributed by atoms with Crippen LogP contribution < -0.4 is 10.9 Å². The summed E-state index contributed by atoms with van der Waals surface area (Å²) in [6.07, 6.45) is -3.38. The number of hydrogen-bond donors (Lipinski definition) is 6. The second-order valence-corrected chi connectivity index (χ2v) is 5.43. The molecule has 4 atom stereocenters. The van der Waals surface area contributed by atoms with E-state index in [1.165, 1.54) is 10.8 Å². The third-order valence-electron chi connectivity index (χ3n) is 3.42. The van der Waals surface area contributed by atoms with Gasteiger partial charge in [0.25, 0.3) is 5.56 Å². The molecule has 0 radical (unpaired) electrons. The molecule has 0 aliphatic carbocycles. The lowest BCUT2D eigenvalue weighted by atomic mass is 10.1. The third kappa shape index (κ3) is 3.83. The van der Waals surface area contributed by atoms with Gasteiger partial charge < -0.3 is 30.5 Å². The molecular weight excluding hydrogens is 330 g/mol. The van der Waals surface area contributed by atoms with Crippen LogP contribution in [0.3, 0.4) is 0 Å². The Morgan fingerprint density at radius 3 is 2.70 bits per heavy atom. The number of aliphatic hydroxyl groups excluding tert-OH is 3. The minimum atomic E-state index is -1.34. The highest BCUT2D eigenvalue weighted by Crippen LogP contribution is 2.29. The number of carbonyl (C=O) groups is 1. The third-order valence-corrected chi connectivity index (χ3v) is 3.74. The van der Waals surface area contributed by atoms with Crippen molar-refractivity contribution >= 4 is 18.2 Å². The number of aliphatic hydroxyl groups is 3. The van der Waals surface area contributed by atoms with Crippen LogP contribution in [0.2, 0.25) is 0 Å². The van der Waals surface area contributed by atoms with E-state index in [1.54, 1.807) is 0 Å². The molecule has 0 unspecified atom stereocenters. The summed E-state index contributed by atoms with van der Waals surface area (Å²) in [5.41, 5.74) is -0.325. The van der Waals surface area contributed by atoms with E-state index in [2.05, 4.69) is 10.3 Å². The summed E-state index contributed by atoms with van der Waals surface area (Å²) < 4.78 is 6.56. The maximum absolute atomic E-state index is 11.8. The van der Waals surface area contributed by atoms with Crippen molar-refractivity contribution in [3.63, 3.8) is 0 Å². The van der Waals surface area contributed by atoms with Gasteiger partial charge in [0, 0.05) is 18.3 Å². The zero-order valence-electron chi connectivity index (χ0n) is 11.9. The molecule has 6 N–H and O–H groups in total. The first-order chi connectivity index (χ1) is 10.8. The minimum absolute atomic E-state index is 0.0353. The fraction of sp³-hybridized carbons (Fsp3) is 0.583. The van der Waals surface area contributed by atoms with E-state index in [1.807, 2.05) is 0 Å². The molecule has 1 fully saturated rings. The van der Waals surface area contributed by atoms with Crippen LogP contribution >= 0.6 is 12.2 Å². The Labute approximate surface area is 135 Å². The topological polar surface area (TPSA) is 157 Å². The number of H-pyrrole nitrogens is 1. The molecule has 0 amide bonds. The lowest BCUT2D eigenvalue weighted by Gasteiger charge is -2.19. The SMILES string of the molecule is O=C(O)CNCc1cn([C@@H]2O[C@H](CO)[C@H](O)[C@@H]2O)c(=S)[nH]c1=O. The molecule has 11 heteroatoms. The number of nitrogens with one attached hydrogen (secondary N) is 2. The molecule has 0 aromatic carbocycles. The van der Waals surface area contributed by atoms with Crippen molar-refractivity contribution in [1.82, 2.24) is 14.9 Å². The van der Waals surface area contributed by atoms with Gasteiger partial charge >= 0.3 is 5.97 Å². The Balaban J connectivity index is 2.27. The molecule has 1 saturated heterocycles. The zero-order valence-corrected chi connectivity index (χ0v) is 12.7. The number of ether oxygens (including phenoxy) is 1. The standard InChI is InChI=1S/C12H17N3O7S/c16-4-6-8(19)9(20)11(22-6)15-3-5(1-13-2-7(17)18)10(21)14-12(15)23/h3,6,8-9,11,13,16,19-20H,1-2,4H2,(H,17,18)(H,14,21,23)/t6-,8+,9+,11-/m1/s1. The predicted molar refractivity (Wildman–Crippen MR) is 78.2 cm³/mol. The van der Waals surface area contributed by atoms with E-state index in [0.717, 1.165) is 0 Å². The van der Waals surface area contributed by atoms with Gasteiger partial charge in [0.15, 0.2) is 11.0 Å². The number of carboxylic acid groups (broad SMARTS) is 1. The molecule has 1 aromatic heterocycles. The number of carboxylic acids is 1. The maximum atomic E-state index is 11.8. The lowest BCUT2D eigenvalue weighted by molar-refractivity contribution is -0.136. The molecule has 1 aliphatic heterocycles. The van der Waals surface area contributed by atoms with Gasteiger partial charge in [0.1, 0.15) is 18.3 Å². The second-order valence-electron chi connectivity index (χ2n) is 5.05. The van der Waals surface area contributed by atoms with Crippen molar-refractivity contribution in [2.75, 3.05) is 13.2 Å². The highest BCUT2D eigenvalue weighted by atomic mass is 32.1. The van der Waals surface area contributed by atoms with Crippen molar-refractivity contribution in [3.05, 3.63) is 26.9 Å². The van der Waals surface area contributed by atoms with Gasteiger partial charge in [0.05, 0.1) is 13.2 Å². The fourth-order valence-corrected chi connectivity index (χ4v) is 2.51. The molecule has 0 spiro atoms. The van der Waals surface area contributed by atoms with Gasteiger partial charge in [0.2, 0.25) is 0 Å². The maximum Gasteiger partial charge on any atom is 0.317 e.